The zero-order chi connectivity index (χ0) is 28.1. The molecule has 5 rings (SSSR count). The molecule has 2 N–H and O–H groups in total. The first-order valence-corrected chi connectivity index (χ1v) is 14.0. The van der Waals surface area contributed by atoms with E-state index in [2.05, 4.69) is 29.7 Å². The third-order valence-electron chi connectivity index (χ3n) is 7.45. The number of urea groups is 1. The minimum Gasteiger partial charge on any atom is -0.463 e. The molecule has 40 heavy (non-hydrogen) atoms. The first kappa shape index (κ1) is 27.2. The number of nitrogens with zero attached hydrogens (tertiary/aromatic N) is 1. The van der Waals surface area contributed by atoms with Crippen molar-refractivity contribution in [2.24, 2.45) is 5.92 Å². The maximum Gasteiger partial charge on any atom is 0.338 e. The second-order valence-corrected chi connectivity index (χ2v) is 10.2. The first-order chi connectivity index (χ1) is 19.5. The van der Waals surface area contributed by atoms with Crippen LogP contribution < -0.4 is 10.6 Å². The van der Waals surface area contributed by atoms with Crippen molar-refractivity contribution in [2.75, 3.05) is 18.5 Å². The molecule has 0 saturated heterocycles. The number of anilines is 1. The van der Waals surface area contributed by atoms with Gasteiger partial charge in [0.1, 0.15) is 0 Å². The van der Waals surface area contributed by atoms with Crippen LogP contribution in [0.3, 0.4) is 0 Å². The molecule has 3 atom stereocenters. The van der Waals surface area contributed by atoms with E-state index in [9.17, 15) is 14.4 Å². The lowest BCUT2D eigenvalue weighted by atomic mass is 9.91. The lowest BCUT2D eigenvalue weighted by Gasteiger charge is -2.37. The molecule has 1 aliphatic heterocycles. The van der Waals surface area contributed by atoms with E-state index < -0.39 is 12.0 Å². The summed E-state index contributed by atoms with van der Waals surface area (Å²) in [5.74, 6) is -0.364. The van der Waals surface area contributed by atoms with Crippen LogP contribution in [-0.2, 0) is 14.3 Å². The standard InChI is InChI=1S/C33H35N3O4/c1-3-5-19-36-30(23-15-10-7-11-16-23)28(32(38)40-4-2)29(35-33(36)39)24-17-12-18-25(20-24)34-31(37)27-21-26(27)22-13-8-6-9-14-22/h6-18,20,26-27,29H,3-5,19,21H2,1-2H3,(H,34,37)(H,35,39)/t26-,27+,29+/m0/s1. The molecule has 3 aromatic carbocycles. The monoisotopic (exact) mass is 537 g/mol. The zero-order valence-corrected chi connectivity index (χ0v) is 22.9. The van der Waals surface area contributed by atoms with Crippen molar-refractivity contribution in [3.8, 4) is 0 Å². The molecule has 7 heteroatoms. The van der Waals surface area contributed by atoms with E-state index in [1.807, 2.05) is 72.8 Å². The highest BCUT2D eigenvalue weighted by atomic mass is 16.5. The van der Waals surface area contributed by atoms with Crippen molar-refractivity contribution in [3.05, 3.63) is 107 Å². The zero-order valence-electron chi connectivity index (χ0n) is 22.9. The molecular formula is C33H35N3O4. The maximum absolute atomic E-state index is 13.5. The fourth-order valence-corrected chi connectivity index (χ4v) is 5.35. The largest absolute Gasteiger partial charge is 0.463 e. The van der Waals surface area contributed by atoms with Gasteiger partial charge in [0.05, 0.1) is 23.9 Å². The summed E-state index contributed by atoms with van der Waals surface area (Å²) >= 11 is 0. The highest BCUT2D eigenvalue weighted by Gasteiger charge is 2.44. The SMILES string of the molecule is CCCCN1C(=O)N[C@H](c2cccc(NC(=O)[C@@H]3C[C@H]3c3ccccc3)c2)C(C(=O)OCC)=C1c1ccccc1. The molecule has 206 valence electrons. The van der Waals surface area contributed by atoms with Crippen molar-refractivity contribution in [2.45, 2.75) is 45.1 Å². The van der Waals surface area contributed by atoms with Gasteiger partial charge in [0.15, 0.2) is 0 Å². The summed E-state index contributed by atoms with van der Waals surface area (Å²) in [5, 5.41) is 6.09. The second-order valence-electron chi connectivity index (χ2n) is 10.2. The van der Waals surface area contributed by atoms with Crippen LogP contribution in [0.1, 0.15) is 61.8 Å². The summed E-state index contributed by atoms with van der Waals surface area (Å²) in [6.07, 6.45) is 2.51. The Hall–Kier alpha value is -4.39. The Morgan fingerprint density at radius 1 is 0.950 bits per heavy atom. The normalized spacial score (nSPS) is 20.1. The highest BCUT2D eigenvalue weighted by Crippen LogP contribution is 2.48. The number of carbonyl (C=O) groups is 3. The van der Waals surface area contributed by atoms with E-state index in [-0.39, 0.29) is 30.4 Å². The Morgan fingerprint density at radius 2 is 1.65 bits per heavy atom. The minimum absolute atomic E-state index is 0.0319. The van der Waals surface area contributed by atoms with Gasteiger partial charge in [-0.05, 0) is 54.5 Å². The van der Waals surface area contributed by atoms with Gasteiger partial charge >= 0.3 is 12.0 Å². The Bertz CT molecular complexity index is 1400. The molecule has 2 aliphatic rings. The Kier molecular flexibility index (Phi) is 8.29. The summed E-state index contributed by atoms with van der Waals surface area (Å²) in [7, 11) is 0. The number of benzene rings is 3. The van der Waals surface area contributed by atoms with Gasteiger partial charge in [0.25, 0.3) is 0 Å². The number of ether oxygens (including phenoxy) is 1. The average molecular weight is 538 g/mol. The highest BCUT2D eigenvalue weighted by molar-refractivity contribution is 6.04. The fraction of sp³-hybridized carbons (Fsp3) is 0.303. The Morgan fingerprint density at radius 3 is 2.35 bits per heavy atom. The van der Waals surface area contributed by atoms with Crippen molar-refractivity contribution < 1.29 is 19.1 Å². The number of hydrogen-bond acceptors (Lipinski definition) is 4. The molecule has 1 fully saturated rings. The predicted octanol–water partition coefficient (Wildman–Crippen LogP) is 6.27. The van der Waals surface area contributed by atoms with Gasteiger partial charge in [-0.1, -0.05) is 86.1 Å². The van der Waals surface area contributed by atoms with E-state index in [1.54, 1.807) is 11.8 Å². The van der Waals surface area contributed by atoms with Crippen LogP contribution in [-0.4, -0.2) is 36.0 Å². The van der Waals surface area contributed by atoms with Gasteiger partial charge in [0.2, 0.25) is 5.91 Å². The summed E-state index contributed by atoms with van der Waals surface area (Å²) < 4.78 is 5.52. The van der Waals surface area contributed by atoms with Crippen molar-refractivity contribution in [1.82, 2.24) is 10.2 Å². The number of amides is 3. The van der Waals surface area contributed by atoms with Gasteiger partial charge < -0.3 is 15.4 Å². The van der Waals surface area contributed by atoms with Gasteiger partial charge in [-0.2, -0.15) is 0 Å². The van der Waals surface area contributed by atoms with Crippen molar-refractivity contribution >= 4 is 29.3 Å². The van der Waals surface area contributed by atoms with E-state index in [1.165, 1.54) is 5.56 Å². The molecule has 1 saturated carbocycles. The van der Waals surface area contributed by atoms with Crippen LogP contribution in [0.25, 0.3) is 5.70 Å². The number of hydrogen-bond donors (Lipinski definition) is 2. The minimum atomic E-state index is -0.741. The molecule has 0 unspecified atom stereocenters. The van der Waals surface area contributed by atoms with Crippen LogP contribution >= 0.6 is 0 Å². The number of carbonyl (C=O) groups excluding carboxylic acids is 3. The second kappa shape index (κ2) is 12.2. The molecule has 1 aliphatic carbocycles. The molecule has 3 aromatic rings. The van der Waals surface area contributed by atoms with Crippen LogP contribution in [0.2, 0.25) is 0 Å². The van der Waals surface area contributed by atoms with Crippen molar-refractivity contribution in [1.29, 1.82) is 0 Å². The van der Waals surface area contributed by atoms with Crippen LogP contribution in [0, 0.1) is 5.92 Å². The molecular weight excluding hydrogens is 502 g/mol. The number of nitrogens with one attached hydrogen (secondary N) is 2. The summed E-state index contributed by atoms with van der Waals surface area (Å²) in [5.41, 5.74) is 4.18. The fourth-order valence-electron chi connectivity index (χ4n) is 5.35. The molecule has 1 heterocycles. The van der Waals surface area contributed by atoms with E-state index in [4.69, 9.17) is 4.74 Å². The van der Waals surface area contributed by atoms with Crippen LogP contribution in [0.4, 0.5) is 10.5 Å². The quantitative estimate of drug-likeness (QED) is 0.299. The molecule has 3 amide bonds. The first-order valence-electron chi connectivity index (χ1n) is 14.0. The van der Waals surface area contributed by atoms with Crippen LogP contribution in [0.5, 0.6) is 0 Å². The number of esters is 1. The molecule has 0 bridgehead atoms. The van der Waals surface area contributed by atoms with Crippen LogP contribution in [0.15, 0.2) is 90.5 Å². The van der Waals surface area contributed by atoms with E-state index in [0.717, 1.165) is 24.8 Å². The Balaban J connectivity index is 1.48. The Labute approximate surface area is 235 Å². The average Bonchev–Trinajstić information content (AvgIpc) is 3.79. The molecule has 0 spiro atoms. The van der Waals surface area contributed by atoms with E-state index in [0.29, 0.717) is 29.1 Å². The summed E-state index contributed by atoms with van der Waals surface area (Å²) in [6.45, 7) is 4.51. The van der Waals surface area contributed by atoms with Gasteiger partial charge in [-0.25, -0.2) is 9.59 Å². The maximum atomic E-state index is 13.5. The lowest BCUT2D eigenvalue weighted by molar-refractivity contribution is -0.139. The summed E-state index contributed by atoms with van der Waals surface area (Å²) in [4.78, 5) is 41.7. The van der Waals surface area contributed by atoms with Crippen molar-refractivity contribution in [3.63, 3.8) is 0 Å². The summed E-state index contributed by atoms with van der Waals surface area (Å²) in [6, 6.07) is 25.9. The smallest absolute Gasteiger partial charge is 0.338 e. The lowest BCUT2D eigenvalue weighted by Crippen LogP contribution is -2.48. The van der Waals surface area contributed by atoms with Gasteiger partial charge in [-0.3, -0.25) is 9.69 Å². The number of rotatable bonds is 10. The number of unbranched alkanes of at least 4 members (excludes halogenated alkanes) is 1. The topological polar surface area (TPSA) is 87.7 Å². The van der Waals surface area contributed by atoms with Gasteiger partial charge in [-0.15, -0.1) is 0 Å². The van der Waals surface area contributed by atoms with Gasteiger partial charge in [0, 0.05) is 18.2 Å². The third kappa shape index (κ3) is 5.78. The molecule has 7 nitrogen and oxygen atoms in total. The molecule has 0 radical (unpaired) electrons. The molecule has 0 aromatic heterocycles. The third-order valence-corrected chi connectivity index (χ3v) is 7.45. The predicted molar refractivity (Wildman–Crippen MR) is 155 cm³/mol. The van der Waals surface area contributed by atoms with E-state index >= 15 is 0 Å².